The number of esters is 1. The number of carbonyl (C=O) groups excluding carboxylic acids is 1. The Kier molecular flexibility index (Phi) is 6.01. The molecule has 6 nitrogen and oxygen atoms in total. The van der Waals surface area contributed by atoms with Crippen molar-refractivity contribution in [2.24, 2.45) is 0 Å². The molecule has 8 heteroatoms. The van der Waals surface area contributed by atoms with E-state index in [1.54, 1.807) is 18.0 Å². The number of hydrogen-bond acceptors (Lipinski definition) is 5. The van der Waals surface area contributed by atoms with E-state index in [0.717, 1.165) is 11.3 Å². The van der Waals surface area contributed by atoms with Crippen molar-refractivity contribution in [3.63, 3.8) is 0 Å². The van der Waals surface area contributed by atoms with E-state index in [2.05, 4.69) is 10.3 Å². The second-order valence-corrected chi connectivity index (χ2v) is 7.59. The van der Waals surface area contributed by atoms with Crippen LogP contribution in [0.4, 0.5) is 0 Å². The van der Waals surface area contributed by atoms with Gasteiger partial charge in [0.05, 0.1) is 18.3 Å². The molecule has 3 heterocycles. The van der Waals surface area contributed by atoms with E-state index < -0.39 is 0 Å². The van der Waals surface area contributed by atoms with Crippen LogP contribution in [0.2, 0.25) is 5.02 Å². The molecule has 0 amide bonds. The molecule has 1 aliphatic rings. The Morgan fingerprint density at radius 3 is 2.73 bits per heavy atom. The van der Waals surface area contributed by atoms with Gasteiger partial charge in [-0.3, -0.25) is 9.78 Å². The molecule has 2 aromatic heterocycles. The number of ether oxygens (including phenoxy) is 1. The van der Waals surface area contributed by atoms with E-state index in [0.29, 0.717) is 28.3 Å². The molecule has 1 N–H and O–H groups in total. The van der Waals surface area contributed by atoms with Gasteiger partial charge in [0.1, 0.15) is 24.1 Å². The van der Waals surface area contributed by atoms with Crippen molar-refractivity contribution in [2.75, 3.05) is 13.2 Å². The molecule has 3 aromatic rings. The van der Waals surface area contributed by atoms with Gasteiger partial charge in [-0.05, 0) is 67.7 Å². The highest BCUT2D eigenvalue weighted by atomic mass is 35.5. The van der Waals surface area contributed by atoms with Gasteiger partial charge in [-0.25, -0.2) is 0 Å². The predicted octanol–water partition coefficient (Wildman–Crippen LogP) is 4.53. The molecular formula is C22H20ClN3O3S. The first-order valence-electron chi connectivity index (χ1n) is 9.56. The quantitative estimate of drug-likeness (QED) is 0.445. The van der Waals surface area contributed by atoms with E-state index in [9.17, 15) is 4.79 Å². The number of carbonyl (C=O) groups is 1. The Hall–Kier alpha value is -2.90. The second kappa shape index (κ2) is 8.85. The average Bonchev–Trinajstić information content (AvgIpc) is 3.35. The Balaban J connectivity index is 1.70. The summed E-state index contributed by atoms with van der Waals surface area (Å²) in [6, 6.07) is 16.3. The fourth-order valence-corrected chi connectivity index (χ4v) is 3.94. The van der Waals surface area contributed by atoms with Gasteiger partial charge in [-0.15, -0.1) is 0 Å². The molecule has 0 saturated carbocycles. The molecular weight excluding hydrogens is 422 g/mol. The molecule has 4 rings (SSSR count). The van der Waals surface area contributed by atoms with E-state index in [4.69, 9.17) is 33.0 Å². The first-order valence-corrected chi connectivity index (χ1v) is 10.3. The number of nitrogens with zero attached hydrogens (tertiary/aromatic N) is 2. The maximum atomic E-state index is 12.2. The summed E-state index contributed by atoms with van der Waals surface area (Å²) in [6.07, 6.45) is 1.73. The molecule has 2 atom stereocenters. The van der Waals surface area contributed by atoms with Crippen LogP contribution in [0.25, 0.3) is 11.3 Å². The highest BCUT2D eigenvalue weighted by Gasteiger charge is 2.42. The molecule has 1 aromatic carbocycles. The number of thiocarbonyl (C=S) groups is 1. The van der Waals surface area contributed by atoms with Crippen LogP contribution in [0.15, 0.2) is 65.2 Å². The van der Waals surface area contributed by atoms with Gasteiger partial charge in [0.15, 0.2) is 5.11 Å². The average molecular weight is 442 g/mol. The first-order chi connectivity index (χ1) is 14.6. The fraction of sp³-hybridized carbons (Fsp3) is 0.227. The summed E-state index contributed by atoms with van der Waals surface area (Å²) >= 11 is 11.5. The monoisotopic (exact) mass is 441 g/mol. The second-order valence-electron chi connectivity index (χ2n) is 6.77. The molecule has 0 bridgehead atoms. The number of benzene rings is 1. The molecule has 154 valence electrons. The lowest BCUT2D eigenvalue weighted by molar-refractivity contribution is -0.143. The van der Waals surface area contributed by atoms with Crippen LogP contribution >= 0.6 is 23.8 Å². The summed E-state index contributed by atoms with van der Waals surface area (Å²) < 4.78 is 11.3. The smallest absolute Gasteiger partial charge is 0.325 e. The summed E-state index contributed by atoms with van der Waals surface area (Å²) in [5.74, 6) is 1.03. The zero-order valence-corrected chi connectivity index (χ0v) is 17.8. The van der Waals surface area contributed by atoms with Crippen LogP contribution in [0, 0.1) is 0 Å². The Labute approximate surface area is 184 Å². The summed E-state index contributed by atoms with van der Waals surface area (Å²) in [5, 5.41) is 4.39. The Bertz CT molecular complexity index is 1040. The minimum Gasteiger partial charge on any atom is -0.465 e. The number of hydrogen-bond donors (Lipinski definition) is 1. The highest BCUT2D eigenvalue weighted by molar-refractivity contribution is 7.80. The van der Waals surface area contributed by atoms with Crippen molar-refractivity contribution in [1.82, 2.24) is 15.2 Å². The number of halogens is 1. The van der Waals surface area contributed by atoms with Crippen molar-refractivity contribution in [3.8, 4) is 11.3 Å². The molecule has 0 spiro atoms. The van der Waals surface area contributed by atoms with Gasteiger partial charge < -0.3 is 19.4 Å². The highest BCUT2D eigenvalue weighted by Crippen LogP contribution is 2.40. The largest absolute Gasteiger partial charge is 0.465 e. The van der Waals surface area contributed by atoms with Crippen molar-refractivity contribution in [2.45, 2.75) is 19.0 Å². The molecule has 30 heavy (non-hydrogen) atoms. The van der Waals surface area contributed by atoms with Gasteiger partial charge in [0.25, 0.3) is 0 Å². The van der Waals surface area contributed by atoms with Crippen LogP contribution < -0.4 is 5.32 Å². The van der Waals surface area contributed by atoms with Crippen LogP contribution in [0.3, 0.4) is 0 Å². The fourth-order valence-electron chi connectivity index (χ4n) is 3.51. The summed E-state index contributed by atoms with van der Waals surface area (Å²) in [4.78, 5) is 18.5. The lowest BCUT2D eigenvalue weighted by atomic mass is 10.0. The molecule has 1 saturated heterocycles. The third kappa shape index (κ3) is 4.17. The number of aromatic nitrogens is 1. The van der Waals surface area contributed by atoms with Crippen LogP contribution in [-0.4, -0.2) is 34.1 Å². The Morgan fingerprint density at radius 1 is 1.23 bits per heavy atom. The van der Waals surface area contributed by atoms with Crippen LogP contribution in [0.5, 0.6) is 0 Å². The van der Waals surface area contributed by atoms with Crippen LogP contribution in [-0.2, 0) is 9.53 Å². The van der Waals surface area contributed by atoms with E-state index in [1.165, 1.54) is 0 Å². The molecule has 1 fully saturated rings. The maximum Gasteiger partial charge on any atom is 0.325 e. The van der Waals surface area contributed by atoms with Crippen molar-refractivity contribution in [3.05, 3.63) is 77.3 Å². The van der Waals surface area contributed by atoms with Gasteiger partial charge >= 0.3 is 5.97 Å². The summed E-state index contributed by atoms with van der Waals surface area (Å²) in [6.45, 7) is 2.10. The summed E-state index contributed by atoms with van der Waals surface area (Å²) in [5.41, 5.74) is 1.71. The lowest BCUT2D eigenvalue weighted by Gasteiger charge is -2.25. The minimum atomic E-state index is -0.349. The normalized spacial score (nSPS) is 18.3. The SMILES string of the molecule is CCOC(=O)CN1C(=S)N[C@@H](c2ccccn2)[C@@H]1c1ccc(-c2ccc(Cl)cc2)o1. The molecule has 0 radical (unpaired) electrons. The number of nitrogens with one attached hydrogen (secondary N) is 1. The molecule has 0 unspecified atom stereocenters. The third-order valence-corrected chi connectivity index (χ3v) is 5.45. The standard InChI is InChI=1S/C22H20ClN3O3S/c1-2-28-19(27)13-26-21(20(25-22(26)30)16-5-3-4-12-24-16)18-11-10-17(29-18)14-6-8-15(23)9-7-14/h3-12,20-21H,2,13H2,1H3,(H,25,30)/t20-,21-/m0/s1. The minimum absolute atomic E-state index is 0.0185. The van der Waals surface area contributed by atoms with Crippen molar-refractivity contribution >= 4 is 34.9 Å². The van der Waals surface area contributed by atoms with E-state index in [-0.39, 0.29) is 24.6 Å². The first kappa shape index (κ1) is 20.4. The molecule has 0 aliphatic carbocycles. The molecule has 1 aliphatic heterocycles. The maximum absolute atomic E-state index is 12.2. The third-order valence-electron chi connectivity index (χ3n) is 4.85. The number of furan rings is 1. The number of pyridine rings is 1. The van der Waals surface area contributed by atoms with Gasteiger partial charge in [0.2, 0.25) is 0 Å². The zero-order valence-electron chi connectivity index (χ0n) is 16.2. The van der Waals surface area contributed by atoms with Crippen molar-refractivity contribution in [1.29, 1.82) is 0 Å². The topological polar surface area (TPSA) is 67.6 Å². The van der Waals surface area contributed by atoms with E-state index >= 15 is 0 Å². The lowest BCUT2D eigenvalue weighted by Crippen LogP contribution is -2.35. The van der Waals surface area contributed by atoms with Gasteiger partial charge in [-0.2, -0.15) is 0 Å². The zero-order chi connectivity index (χ0) is 21.1. The number of rotatable bonds is 6. The van der Waals surface area contributed by atoms with Crippen molar-refractivity contribution < 1.29 is 13.9 Å². The van der Waals surface area contributed by atoms with Gasteiger partial charge in [0, 0.05) is 16.8 Å². The predicted molar refractivity (Wildman–Crippen MR) is 118 cm³/mol. The Morgan fingerprint density at radius 2 is 2.03 bits per heavy atom. The van der Waals surface area contributed by atoms with Crippen LogP contribution in [0.1, 0.15) is 30.5 Å². The van der Waals surface area contributed by atoms with Gasteiger partial charge in [-0.1, -0.05) is 17.7 Å². The van der Waals surface area contributed by atoms with E-state index in [1.807, 2.05) is 54.6 Å². The summed E-state index contributed by atoms with van der Waals surface area (Å²) in [7, 11) is 0.